The minimum absolute atomic E-state index is 0.135. The van der Waals surface area contributed by atoms with Gasteiger partial charge in [0.05, 0.1) is 17.2 Å². The number of Topliss-reactive ketones (excluding diaryl/α,β-unsaturated/α-hetero) is 1. The Bertz CT molecular complexity index is 537. The molecular formula is C16H16O3. The molecule has 1 aromatic heterocycles. The van der Waals surface area contributed by atoms with Crippen molar-refractivity contribution in [2.75, 3.05) is 13.2 Å². The van der Waals surface area contributed by atoms with Gasteiger partial charge in [-0.2, -0.15) is 0 Å². The average Bonchev–Trinajstić information content (AvgIpc) is 3.02. The Kier molecular flexibility index (Phi) is 3.22. The molecular weight excluding hydrogens is 240 g/mol. The molecule has 2 heterocycles. The van der Waals surface area contributed by atoms with Crippen LogP contribution < -0.4 is 0 Å². The quantitative estimate of drug-likeness (QED) is 0.792. The maximum Gasteiger partial charge on any atom is 0.176 e. The fraction of sp³-hybridized carbons (Fsp3) is 0.312. The van der Waals surface area contributed by atoms with Gasteiger partial charge in [0.25, 0.3) is 0 Å². The zero-order chi connectivity index (χ0) is 13.1. The molecule has 98 valence electrons. The highest BCUT2D eigenvalue weighted by atomic mass is 16.5. The van der Waals surface area contributed by atoms with E-state index in [9.17, 15) is 4.79 Å². The smallest absolute Gasteiger partial charge is 0.176 e. The van der Waals surface area contributed by atoms with E-state index in [0.29, 0.717) is 18.8 Å². The number of carbonyl (C=O) groups is 1. The minimum Gasteiger partial charge on any atom is -0.472 e. The molecule has 0 saturated carbocycles. The van der Waals surface area contributed by atoms with Crippen molar-refractivity contribution in [1.82, 2.24) is 0 Å². The maximum atomic E-state index is 12.9. The number of rotatable bonds is 3. The summed E-state index contributed by atoms with van der Waals surface area (Å²) in [6.45, 7) is 1.25. The second-order valence-corrected chi connectivity index (χ2v) is 4.90. The third-order valence-corrected chi connectivity index (χ3v) is 3.89. The van der Waals surface area contributed by atoms with Crippen molar-refractivity contribution in [3.8, 4) is 0 Å². The summed E-state index contributed by atoms with van der Waals surface area (Å²) < 4.78 is 10.5. The van der Waals surface area contributed by atoms with E-state index < -0.39 is 5.41 Å². The zero-order valence-corrected chi connectivity index (χ0v) is 10.7. The fourth-order valence-electron chi connectivity index (χ4n) is 2.79. The van der Waals surface area contributed by atoms with Crippen LogP contribution in [-0.4, -0.2) is 19.0 Å². The molecule has 1 saturated heterocycles. The molecule has 0 atom stereocenters. The van der Waals surface area contributed by atoms with Crippen molar-refractivity contribution in [3.63, 3.8) is 0 Å². The second kappa shape index (κ2) is 5.02. The van der Waals surface area contributed by atoms with Gasteiger partial charge in [0, 0.05) is 13.2 Å². The molecule has 19 heavy (non-hydrogen) atoms. The normalized spacial score (nSPS) is 18.1. The maximum absolute atomic E-state index is 12.9. The van der Waals surface area contributed by atoms with Crippen LogP contribution in [0.1, 0.15) is 28.8 Å². The highest BCUT2D eigenvalue weighted by Gasteiger charge is 2.42. The molecule has 2 aromatic rings. The average molecular weight is 256 g/mol. The molecule has 0 aliphatic carbocycles. The number of ketones is 1. The summed E-state index contributed by atoms with van der Waals surface area (Å²) in [7, 11) is 0. The Hall–Kier alpha value is -1.87. The summed E-state index contributed by atoms with van der Waals surface area (Å²) in [6.07, 6.45) is 4.52. The van der Waals surface area contributed by atoms with Crippen LogP contribution in [0.3, 0.4) is 0 Å². The molecule has 0 amide bonds. The minimum atomic E-state index is -0.469. The number of furan rings is 1. The van der Waals surface area contributed by atoms with Gasteiger partial charge in [-0.15, -0.1) is 0 Å². The van der Waals surface area contributed by atoms with Crippen molar-refractivity contribution in [1.29, 1.82) is 0 Å². The van der Waals surface area contributed by atoms with Crippen molar-refractivity contribution in [3.05, 3.63) is 60.1 Å². The topological polar surface area (TPSA) is 39.4 Å². The van der Waals surface area contributed by atoms with Crippen LogP contribution >= 0.6 is 0 Å². The Balaban J connectivity index is 2.04. The highest BCUT2D eigenvalue weighted by Crippen LogP contribution is 2.38. The molecule has 1 aromatic carbocycles. The van der Waals surface area contributed by atoms with Gasteiger partial charge in [0.2, 0.25) is 0 Å². The molecule has 3 heteroatoms. The van der Waals surface area contributed by atoms with Crippen molar-refractivity contribution in [2.24, 2.45) is 0 Å². The number of hydrogen-bond donors (Lipinski definition) is 0. The van der Waals surface area contributed by atoms with Gasteiger partial charge in [-0.25, -0.2) is 0 Å². The lowest BCUT2D eigenvalue weighted by Gasteiger charge is -2.36. The number of hydrogen-bond acceptors (Lipinski definition) is 3. The van der Waals surface area contributed by atoms with Gasteiger partial charge in [-0.3, -0.25) is 4.79 Å². The monoisotopic (exact) mass is 256 g/mol. The first kappa shape index (κ1) is 12.2. The van der Waals surface area contributed by atoms with Gasteiger partial charge in [-0.1, -0.05) is 30.3 Å². The highest BCUT2D eigenvalue weighted by molar-refractivity contribution is 6.04. The zero-order valence-electron chi connectivity index (χ0n) is 10.7. The molecule has 0 unspecified atom stereocenters. The summed E-state index contributed by atoms with van der Waals surface area (Å²) >= 11 is 0. The Morgan fingerprint density at radius 3 is 2.42 bits per heavy atom. The molecule has 1 fully saturated rings. The van der Waals surface area contributed by atoms with E-state index in [1.54, 1.807) is 12.3 Å². The van der Waals surface area contributed by atoms with Crippen LogP contribution in [-0.2, 0) is 10.2 Å². The third kappa shape index (κ3) is 2.10. The number of ether oxygens (including phenoxy) is 1. The standard InChI is InChI=1S/C16H16O3/c17-15(13-6-9-19-12-13)16(7-10-18-11-8-16)14-4-2-1-3-5-14/h1-6,9,12H,7-8,10-11H2. The lowest BCUT2D eigenvalue weighted by Crippen LogP contribution is -2.41. The molecule has 0 spiro atoms. The van der Waals surface area contributed by atoms with Crippen LogP contribution in [0.5, 0.6) is 0 Å². The fourth-order valence-corrected chi connectivity index (χ4v) is 2.79. The first-order valence-corrected chi connectivity index (χ1v) is 6.53. The first-order valence-electron chi connectivity index (χ1n) is 6.53. The van der Waals surface area contributed by atoms with E-state index in [0.717, 1.165) is 18.4 Å². The lowest BCUT2D eigenvalue weighted by molar-refractivity contribution is 0.0423. The van der Waals surface area contributed by atoms with E-state index in [-0.39, 0.29) is 5.78 Å². The first-order chi connectivity index (χ1) is 9.33. The predicted molar refractivity (Wildman–Crippen MR) is 71.2 cm³/mol. The van der Waals surface area contributed by atoms with Crippen LogP contribution in [0.2, 0.25) is 0 Å². The Morgan fingerprint density at radius 1 is 1.05 bits per heavy atom. The van der Waals surface area contributed by atoms with Crippen LogP contribution in [0.15, 0.2) is 53.3 Å². The predicted octanol–water partition coefficient (Wildman–Crippen LogP) is 3.21. The molecule has 3 rings (SSSR count). The van der Waals surface area contributed by atoms with Gasteiger partial charge in [0.15, 0.2) is 5.78 Å². The molecule has 0 radical (unpaired) electrons. The molecule has 0 N–H and O–H groups in total. The molecule has 1 aliphatic heterocycles. The van der Waals surface area contributed by atoms with Gasteiger partial charge < -0.3 is 9.15 Å². The number of carbonyl (C=O) groups excluding carboxylic acids is 1. The largest absolute Gasteiger partial charge is 0.472 e. The molecule has 1 aliphatic rings. The van der Waals surface area contributed by atoms with Crippen molar-refractivity contribution >= 4 is 5.78 Å². The van der Waals surface area contributed by atoms with Gasteiger partial charge >= 0.3 is 0 Å². The summed E-state index contributed by atoms with van der Waals surface area (Å²) in [5.74, 6) is 0.135. The molecule has 3 nitrogen and oxygen atoms in total. The van der Waals surface area contributed by atoms with Crippen molar-refractivity contribution < 1.29 is 13.9 Å². The van der Waals surface area contributed by atoms with Crippen LogP contribution in [0.25, 0.3) is 0 Å². The lowest BCUT2D eigenvalue weighted by atomic mass is 9.69. The summed E-state index contributed by atoms with van der Waals surface area (Å²) in [5, 5.41) is 0. The summed E-state index contributed by atoms with van der Waals surface area (Å²) in [5.41, 5.74) is 1.25. The van der Waals surface area contributed by atoms with E-state index >= 15 is 0 Å². The van der Waals surface area contributed by atoms with Crippen molar-refractivity contribution in [2.45, 2.75) is 18.3 Å². The second-order valence-electron chi connectivity index (χ2n) is 4.90. The van der Waals surface area contributed by atoms with Crippen LogP contribution in [0.4, 0.5) is 0 Å². The Labute approximate surface area is 112 Å². The molecule has 0 bridgehead atoms. The van der Waals surface area contributed by atoms with Crippen LogP contribution in [0, 0.1) is 0 Å². The third-order valence-electron chi connectivity index (χ3n) is 3.89. The van der Waals surface area contributed by atoms with E-state index in [1.807, 2.05) is 30.3 Å². The Morgan fingerprint density at radius 2 is 1.79 bits per heavy atom. The number of benzene rings is 1. The van der Waals surface area contributed by atoms with Gasteiger partial charge in [0.1, 0.15) is 6.26 Å². The van der Waals surface area contributed by atoms with E-state index in [1.165, 1.54) is 6.26 Å². The van der Waals surface area contributed by atoms with Gasteiger partial charge in [-0.05, 0) is 24.5 Å². The van der Waals surface area contributed by atoms with E-state index in [4.69, 9.17) is 9.15 Å². The summed E-state index contributed by atoms with van der Waals surface area (Å²) in [4.78, 5) is 12.9. The van der Waals surface area contributed by atoms with E-state index in [2.05, 4.69) is 0 Å². The summed E-state index contributed by atoms with van der Waals surface area (Å²) in [6, 6.07) is 11.7. The SMILES string of the molecule is O=C(c1ccoc1)C1(c2ccccc2)CCOCC1.